The van der Waals surface area contributed by atoms with Gasteiger partial charge in [0.25, 0.3) is 0 Å². The van der Waals surface area contributed by atoms with Gasteiger partial charge in [-0.15, -0.1) is 0 Å². The summed E-state index contributed by atoms with van der Waals surface area (Å²) in [6.07, 6.45) is 3.96. The monoisotopic (exact) mass is 339 g/mol. The van der Waals surface area contributed by atoms with Gasteiger partial charge < -0.3 is 10.4 Å². The van der Waals surface area contributed by atoms with Crippen molar-refractivity contribution < 1.29 is 5.11 Å². The Morgan fingerprint density at radius 1 is 1.24 bits per heavy atom. The Morgan fingerprint density at radius 3 is 2.72 bits per heavy atom. The highest BCUT2D eigenvalue weighted by Gasteiger charge is 2.28. The molecule has 3 rings (SSSR count). The third-order valence-corrected chi connectivity index (χ3v) is 5.24. The molecule has 2 heterocycles. The lowest BCUT2D eigenvalue weighted by Gasteiger charge is -2.39. The summed E-state index contributed by atoms with van der Waals surface area (Å²) in [5.74, 6) is 0.958. The molecular formula is C21H29N3O. The van der Waals surface area contributed by atoms with Crippen LogP contribution in [0.1, 0.15) is 44.0 Å². The molecule has 1 aliphatic rings. The van der Waals surface area contributed by atoms with E-state index in [2.05, 4.69) is 41.2 Å². The van der Waals surface area contributed by atoms with E-state index in [-0.39, 0.29) is 6.04 Å². The maximum atomic E-state index is 10.2. The number of pyridine rings is 1. The average Bonchev–Trinajstić information content (AvgIpc) is 2.63. The minimum atomic E-state index is 0.205. The zero-order chi connectivity index (χ0) is 17.6. The fourth-order valence-electron chi connectivity index (χ4n) is 3.81. The molecule has 1 aromatic carbocycles. The van der Waals surface area contributed by atoms with E-state index in [4.69, 9.17) is 0 Å². The Bertz CT molecular complexity index is 661. The Hall–Kier alpha value is -1.91. The molecular weight excluding hydrogens is 310 g/mol. The molecule has 2 aromatic rings. The number of rotatable bonds is 6. The molecule has 0 bridgehead atoms. The van der Waals surface area contributed by atoms with Crippen molar-refractivity contribution in [2.75, 3.05) is 13.1 Å². The molecule has 0 saturated carbocycles. The van der Waals surface area contributed by atoms with Crippen LogP contribution in [-0.2, 0) is 6.54 Å². The van der Waals surface area contributed by atoms with Gasteiger partial charge in [0.1, 0.15) is 5.75 Å². The maximum absolute atomic E-state index is 10.2. The first-order chi connectivity index (χ1) is 12.2. The second kappa shape index (κ2) is 8.45. The summed E-state index contributed by atoms with van der Waals surface area (Å²) < 4.78 is 0. The molecule has 2 N–H and O–H groups in total. The number of aromatic hydroxyl groups is 1. The number of hydrogen-bond acceptors (Lipinski definition) is 4. The molecule has 1 saturated heterocycles. The van der Waals surface area contributed by atoms with Gasteiger partial charge in [-0.3, -0.25) is 9.88 Å². The molecule has 0 radical (unpaired) electrons. The smallest absolute Gasteiger partial charge is 0.120 e. The van der Waals surface area contributed by atoms with E-state index in [0.29, 0.717) is 17.7 Å². The summed E-state index contributed by atoms with van der Waals surface area (Å²) in [6.45, 7) is 7.57. The molecule has 134 valence electrons. The Morgan fingerprint density at radius 2 is 2.04 bits per heavy atom. The van der Waals surface area contributed by atoms with E-state index >= 15 is 0 Å². The highest BCUT2D eigenvalue weighted by Crippen LogP contribution is 2.28. The Kier molecular flexibility index (Phi) is 6.05. The molecule has 25 heavy (non-hydrogen) atoms. The summed E-state index contributed by atoms with van der Waals surface area (Å²) in [4.78, 5) is 6.94. The number of benzene rings is 1. The van der Waals surface area contributed by atoms with Crippen molar-refractivity contribution >= 4 is 0 Å². The molecule has 1 aliphatic heterocycles. The number of hydrogen-bond donors (Lipinski definition) is 2. The van der Waals surface area contributed by atoms with Crippen molar-refractivity contribution in [2.45, 2.75) is 45.3 Å². The van der Waals surface area contributed by atoms with E-state index < -0.39 is 0 Å². The first-order valence-electron chi connectivity index (χ1n) is 9.33. The summed E-state index contributed by atoms with van der Waals surface area (Å²) in [5, 5.41) is 14.0. The lowest BCUT2D eigenvalue weighted by molar-refractivity contribution is 0.132. The summed E-state index contributed by atoms with van der Waals surface area (Å²) >= 11 is 0. The topological polar surface area (TPSA) is 48.4 Å². The molecule has 0 amide bonds. The zero-order valence-corrected chi connectivity index (χ0v) is 15.2. The van der Waals surface area contributed by atoms with Gasteiger partial charge in [0, 0.05) is 43.5 Å². The minimum absolute atomic E-state index is 0.205. The molecule has 0 spiro atoms. The molecule has 3 atom stereocenters. The minimum Gasteiger partial charge on any atom is -0.508 e. The van der Waals surface area contributed by atoms with E-state index in [9.17, 15) is 5.11 Å². The average molecular weight is 339 g/mol. The lowest BCUT2D eigenvalue weighted by atomic mass is 9.91. The van der Waals surface area contributed by atoms with E-state index in [0.717, 1.165) is 43.7 Å². The fraction of sp³-hybridized carbons (Fsp3) is 0.476. The molecule has 0 aliphatic carbocycles. The van der Waals surface area contributed by atoms with Gasteiger partial charge in [-0.2, -0.15) is 0 Å². The number of para-hydroxylation sites is 1. The molecule has 4 nitrogen and oxygen atoms in total. The second-order valence-corrected chi connectivity index (χ2v) is 7.11. The van der Waals surface area contributed by atoms with E-state index in [1.807, 2.05) is 30.5 Å². The number of likely N-dealkylation sites (tertiary alicyclic amines) is 1. The van der Waals surface area contributed by atoms with Crippen LogP contribution in [-0.4, -0.2) is 34.1 Å². The second-order valence-electron chi connectivity index (χ2n) is 7.11. The summed E-state index contributed by atoms with van der Waals surface area (Å²) in [7, 11) is 0. The molecule has 3 unspecified atom stereocenters. The first-order valence-corrected chi connectivity index (χ1v) is 9.33. The van der Waals surface area contributed by atoms with Crippen LogP contribution >= 0.6 is 0 Å². The Labute approximate surface area is 150 Å². The van der Waals surface area contributed by atoms with Crippen LogP contribution < -0.4 is 5.32 Å². The number of phenols is 1. The van der Waals surface area contributed by atoms with E-state index in [1.165, 1.54) is 0 Å². The zero-order valence-electron chi connectivity index (χ0n) is 15.2. The normalized spacial score (nSPS) is 22.6. The SMILES string of the molecule is CCC(NC1CCN(Cc2ccccn2)CC1C)c1ccccc1O. The van der Waals surface area contributed by atoms with Crippen LogP contribution in [0, 0.1) is 5.92 Å². The van der Waals surface area contributed by atoms with Crippen molar-refractivity contribution in [3.63, 3.8) is 0 Å². The number of nitrogens with one attached hydrogen (secondary N) is 1. The van der Waals surface area contributed by atoms with Crippen LogP contribution in [0.2, 0.25) is 0 Å². The molecule has 1 aromatic heterocycles. The predicted molar refractivity (Wildman–Crippen MR) is 101 cm³/mol. The van der Waals surface area contributed by atoms with E-state index in [1.54, 1.807) is 6.07 Å². The van der Waals surface area contributed by atoms with Crippen molar-refractivity contribution in [3.8, 4) is 5.75 Å². The van der Waals surface area contributed by atoms with Crippen LogP contribution in [0.5, 0.6) is 5.75 Å². The lowest BCUT2D eigenvalue weighted by Crippen LogP contribution is -2.48. The fourth-order valence-corrected chi connectivity index (χ4v) is 3.81. The van der Waals surface area contributed by atoms with Gasteiger partial charge in [-0.25, -0.2) is 0 Å². The van der Waals surface area contributed by atoms with Crippen LogP contribution in [0.4, 0.5) is 0 Å². The third kappa shape index (κ3) is 4.59. The van der Waals surface area contributed by atoms with Crippen molar-refractivity contribution in [1.29, 1.82) is 0 Å². The number of piperidine rings is 1. The van der Waals surface area contributed by atoms with Gasteiger partial charge in [-0.1, -0.05) is 38.1 Å². The highest BCUT2D eigenvalue weighted by molar-refractivity contribution is 5.34. The molecule has 4 heteroatoms. The number of nitrogens with zero attached hydrogens (tertiary/aromatic N) is 2. The third-order valence-electron chi connectivity index (χ3n) is 5.24. The van der Waals surface area contributed by atoms with Gasteiger partial charge in [0.2, 0.25) is 0 Å². The standard InChI is InChI=1S/C21H29N3O/c1-3-19(18-9-4-5-10-21(18)25)23-20-11-13-24(14-16(20)2)15-17-8-6-7-12-22-17/h4-10,12,16,19-20,23,25H,3,11,13-15H2,1-2H3. The van der Waals surface area contributed by atoms with Crippen molar-refractivity contribution in [3.05, 3.63) is 59.9 Å². The van der Waals surface area contributed by atoms with Gasteiger partial charge in [0.15, 0.2) is 0 Å². The van der Waals surface area contributed by atoms with Gasteiger partial charge >= 0.3 is 0 Å². The Balaban J connectivity index is 1.58. The largest absolute Gasteiger partial charge is 0.508 e. The quantitative estimate of drug-likeness (QED) is 0.842. The van der Waals surface area contributed by atoms with Gasteiger partial charge in [0.05, 0.1) is 5.69 Å². The van der Waals surface area contributed by atoms with Crippen LogP contribution in [0.15, 0.2) is 48.7 Å². The first kappa shape index (κ1) is 17.9. The van der Waals surface area contributed by atoms with Gasteiger partial charge in [-0.05, 0) is 37.0 Å². The number of aromatic nitrogens is 1. The highest BCUT2D eigenvalue weighted by atomic mass is 16.3. The van der Waals surface area contributed by atoms with Crippen LogP contribution in [0.25, 0.3) is 0 Å². The summed E-state index contributed by atoms with van der Waals surface area (Å²) in [6, 6.07) is 14.5. The van der Waals surface area contributed by atoms with Crippen molar-refractivity contribution in [2.24, 2.45) is 5.92 Å². The van der Waals surface area contributed by atoms with Crippen molar-refractivity contribution in [1.82, 2.24) is 15.2 Å². The molecule has 1 fully saturated rings. The predicted octanol–water partition coefficient (Wildman–Crippen LogP) is 3.74. The summed E-state index contributed by atoms with van der Waals surface area (Å²) in [5.41, 5.74) is 2.15. The maximum Gasteiger partial charge on any atom is 0.120 e. The van der Waals surface area contributed by atoms with Crippen LogP contribution in [0.3, 0.4) is 0 Å². The number of phenolic OH excluding ortho intramolecular Hbond substituents is 1.